The molecule has 106 valence electrons. The predicted molar refractivity (Wildman–Crippen MR) is 77.4 cm³/mol. The summed E-state index contributed by atoms with van der Waals surface area (Å²) in [6.45, 7) is 8.01. The smallest absolute Gasteiger partial charge is 0.410 e. The number of amides is 1. The number of nitrogens with one attached hydrogen (secondary N) is 1. The van der Waals surface area contributed by atoms with E-state index in [1.807, 2.05) is 39.2 Å². The van der Waals surface area contributed by atoms with Gasteiger partial charge in [-0.2, -0.15) is 0 Å². The number of nitrogens with zero attached hydrogens (tertiary/aromatic N) is 1. The molecule has 2 rings (SSSR count). The molecule has 0 aliphatic carbocycles. The maximum atomic E-state index is 12.1. The largest absolute Gasteiger partial charge is 0.444 e. The van der Waals surface area contributed by atoms with Crippen LogP contribution in [0.15, 0.2) is 6.07 Å². The summed E-state index contributed by atoms with van der Waals surface area (Å²) >= 11 is 1.85. The summed E-state index contributed by atoms with van der Waals surface area (Å²) in [5.74, 6) is 0. The van der Waals surface area contributed by atoms with Gasteiger partial charge in [0.05, 0.1) is 6.54 Å². The van der Waals surface area contributed by atoms with E-state index in [1.165, 1.54) is 15.3 Å². The molecular formula is C14H22N2O2S. The van der Waals surface area contributed by atoms with E-state index in [-0.39, 0.29) is 6.09 Å². The highest BCUT2D eigenvalue weighted by Gasteiger charge is 2.26. The fourth-order valence-corrected chi connectivity index (χ4v) is 3.32. The zero-order chi connectivity index (χ0) is 14.0. The van der Waals surface area contributed by atoms with Crippen LogP contribution in [0.2, 0.25) is 0 Å². The number of rotatable bonds is 2. The van der Waals surface area contributed by atoms with Crippen LogP contribution in [0.5, 0.6) is 0 Å². The van der Waals surface area contributed by atoms with Crippen molar-refractivity contribution >= 4 is 17.4 Å². The van der Waals surface area contributed by atoms with E-state index < -0.39 is 5.60 Å². The van der Waals surface area contributed by atoms with Gasteiger partial charge in [-0.1, -0.05) is 0 Å². The summed E-state index contributed by atoms with van der Waals surface area (Å²) in [6.07, 6.45) is 0.725. The molecule has 0 saturated heterocycles. The van der Waals surface area contributed by atoms with E-state index in [0.717, 1.165) is 19.5 Å². The molecule has 1 N–H and O–H groups in total. The van der Waals surface area contributed by atoms with Crippen LogP contribution in [0.4, 0.5) is 4.79 Å². The molecule has 0 bridgehead atoms. The van der Waals surface area contributed by atoms with Crippen molar-refractivity contribution in [3.8, 4) is 0 Å². The zero-order valence-corrected chi connectivity index (χ0v) is 12.9. The van der Waals surface area contributed by atoms with Crippen LogP contribution in [0.25, 0.3) is 0 Å². The van der Waals surface area contributed by atoms with Crippen LogP contribution in [-0.2, 0) is 24.2 Å². The summed E-state index contributed by atoms with van der Waals surface area (Å²) in [4.78, 5) is 16.6. The lowest BCUT2D eigenvalue weighted by Gasteiger charge is -2.29. The van der Waals surface area contributed by atoms with Gasteiger partial charge in [0.2, 0.25) is 0 Å². The Balaban J connectivity index is 2.03. The first kappa shape index (κ1) is 14.3. The van der Waals surface area contributed by atoms with Crippen LogP contribution in [0.1, 0.15) is 36.1 Å². The maximum Gasteiger partial charge on any atom is 0.410 e. The van der Waals surface area contributed by atoms with Gasteiger partial charge in [0.25, 0.3) is 0 Å². The van der Waals surface area contributed by atoms with Crippen LogP contribution >= 0.6 is 11.3 Å². The van der Waals surface area contributed by atoms with Gasteiger partial charge in [-0.25, -0.2) is 4.79 Å². The van der Waals surface area contributed by atoms with Gasteiger partial charge in [0, 0.05) is 22.8 Å². The number of carbonyl (C=O) groups is 1. The topological polar surface area (TPSA) is 41.6 Å². The quantitative estimate of drug-likeness (QED) is 0.907. The Morgan fingerprint density at radius 1 is 1.53 bits per heavy atom. The van der Waals surface area contributed by atoms with Crippen molar-refractivity contribution in [2.45, 2.75) is 45.9 Å². The van der Waals surface area contributed by atoms with Crippen molar-refractivity contribution in [1.82, 2.24) is 10.2 Å². The summed E-state index contributed by atoms with van der Waals surface area (Å²) in [5.41, 5.74) is 0.843. The molecule has 0 fully saturated rings. The predicted octanol–water partition coefficient (Wildman–Crippen LogP) is 2.76. The monoisotopic (exact) mass is 282 g/mol. The highest BCUT2D eigenvalue weighted by atomic mass is 32.1. The zero-order valence-electron chi connectivity index (χ0n) is 12.1. The molecule has 1 aliphatic rings. The Morgan fingerprint density at radius 2 is 2.26 bits per heavy atom. The molecule has 0 aromatic carbocycles. The number of carbonyl (C=O) groups excluding carboxylic acids is 1. The second kappa shape index (κ2) is 5.51. The Hall–Kier alpha value is -1.07. The van der Waals surface area contributed by atoms with Crippen molar-refractivity contribution in [2.75, 3.05) is 13.6 Å². The number of hydrogen-bond acceptors (Lipinski definition) is 4. The second-order valence-corrected chi connectivity index (χ2v) is 7.06. The van der Waals surface area contributed by atoms with E-state index >= 15 is 0 Å². The highest BCUT2D eigenvalue weighted by molar-refractivity contribution is 7.12. The molecular weight excluding hydrogens is 260 g/mol. The maximum absolute atomic E-state index is 12.1. The fraction of sp³-hybridized carbons (Fsp3) is 0.643. The molecule has 1 aromatic heterocycles. The van der Waals surface area contributed by atoms with Crippen LogP contribution in [0.3, 0.4) is 0 Å². The van der Waals surface area contributed by atoms with Crippen molar-refractivity contribution in [3.05, 3.63) is 21.4 Å². The standard InChI is InChI=1S/C14H22N2O2S/c1-14(2,3)18-13(17)16-6-5-12-10(9-16)7-11(19-12)8-15-4/h7,15H,5-6,8-9H2,1-4H3. The van der Waals surface area contributed by atoms with E-state index in [1.54, 1.807) is 4.90 Å². The van der Waals surface area contributed by atoms with Crippen LogP contribution in [-0.4, -0.2) is 30.2 Å². The molecule has 0 atom stereocenters. The third-order valence-corrected chi connectivity index (χ3v) is 4.16. The molecule has 2 heterocycles. The van der Waals surface area contributed by atoms with Gasteiger partial charge in [-0.05, 0) is 45.9 Å². The Bertz CT molecular complexity index is 463. The SMILES string of the molecule is CNCc1cc2c(s1)CCN(C(=O)OC(C)(C)C)C2. The summed E-state index contributed by atoms with van der Waals surface area (Å²) in [7, 11) is 1.95. The van der Waals surface area contributed by atoms with Crippen LogP contribution < -0.4 is 5.32 Å². The van der Waals surface area contributed by atoms with Crippen molar-refractivity contribution in [3.63, 3.8) is 0 Å². The summed E-state index contributed by atoms with van der Waals surface area (Å²) in [5, 5.41) is 3.16. The van der Waals surface area contributed by atoms with Gasteiger partial charge in [0.1, 0.15) is 5.60 Å². The summed E-state index contributed by atoms with van der Waals surface area (Å²) in [6, 6.07) is 2.20. The first-order valence-electron chi connectivity index (χ1n) is 6.62. The fourth-order valence-electron chi connectivity index (χ4n) is 2.14. The van der Waals surface area contributed by atoms with Crippen molar-refractivity contribution in [1.29, 1.82) is 0 Å². The molecule has 0 saturated carbocycles. The van der Waals surface area contributed by atoms with E-state index in [4.69, 9.17) is 4.74 Å². The van der Waals surface area contributed by atoms with Crippen molar-refractivity contribution < 1.29 is 9.53 Å². The van der Waals surface area contributed by atoms with E-state index in [2.05, 4.69) is 11.4 Å². The number of thiophene rings is 1. The Kier molecular flexibility index (Phi) is 4.16. The first-order valence-corrected chi connectivity index (χ1v) is 7.43. The average molecular weight is 282 g/mol. The number of hydrogen-bond donors (Lipinski definition) is 1. The van der Waals surface area contributed by atoms with Gasteiger partial charge in [-0.15, -0.1) is 11.3 Å². The van der Waals surface area contributed by atoms with Crippen molar-refractivity contribution in [2.24, 2.45) is 0 Å². The minimum atomic E-state index is -0.427. The minimum Gasteiger partial charge on any atom is -0.444 e. The molecule has 1 aliphatic heterocycles. The van der Waals surface area contributed by atoms with Gasteiger partial charge in [-0.3, -0.25) is 0 Å². The lowest BCUT2D eigenvalue weighted by Crippen LogP contribution is -2.39. The average Bonchev–Trinajstić information content (AvgIpc) is 2.68. The lowest BCUT2D eigenvalue weighted by atomic mass is 10.1. The molecule has 0 unspecified atom stereocenters. The van der Waals surface area contributed by atoms with E-state index in [0.29, 0.717) is 6.54 Å². The number of ether oxygens (including phenoxy) is 1. The van der Waals surface area contributed by atoms with Gasteiger partial charge < -0.3 is 15.0 Å². The molecule has 19 heavy (non-hydrogen) atoms. The molecule has 4 nitrogen and oxygen atoms in total. The van der Waals surface area contributed by atoms with Gasteiger partial charge in [0.15, 0.2) is 0 Å². The molecule has 0 spiro atoms. The molecule has 1 amide bonds. The van der Waals surface area contributed by atoms with Gasteiger partial charge >= 0.3 is 6.09 Å². The molecule has 1 aromatic rings. The molecule has 0 radical (unpaired) electrons. The number of fused-ring (bicyclic) bond motifs is 1. The summed E-state index contributed by atoms with van der Waals surface area (Å²) < 4.78 is 5.42. The van der Waals surface area contributed by atoms with Crippen LogP contribution in [0, 0.1) is 0 Å². The Labute approximate surface area is 118 Å². The second-order valence-electron chi connectivity index (χ2n) is 5.84. The third-order valence-electron chi connectivity index (χ3n) is 2.92. The Morgan fingerprint density at radius 3 is 2.89 bits per heavy atom. The minimum absolute atomic E-state index is 0.209. The van der Waals surface area contributed by atoms with E-state index in [9.17, 15) is 4.79 Å². The first-order chi connectivity index (χ1) is 8.89. The highest BCUT2D eigenvalue weighted by Crippen LogP contribution is 2.28. The normalized spacial score (nSPS) is 15.3. The lowest BCUT2D eigenvalue weighted by molar-refractivity contribution is 0.0225. The third kappa shape index (κ3) is 3.70. The molecule has 5 heteroatoms.